The summed E-state index contributed by atoms with van der Waals surface area (Å²) in [4.78, 5) is 18.4. The van der Waals surface area contributed by atoms with Crippen molar-refractivity contribution < 1.29 is 50.3 Å². The molecule has 1 aliphatic heterocycles. The molecule has 1 saturated heterocycles. The number of ether oxygens (including phenoxy) is 3. The second kappa shape index (κ2) is 21.1. The maximum absolute atomic E-state index is 16.0. The maximum Gasteiger partial charge on any atom is 0.475 e. The second-order valence-corrected chi connectivity index (χ2v) is 15.9. The summed E-state index contributed by atoms with van der Waals surface area (Å²) in [5.41, 5.74) is -1.21. The molecule has 0 saturated carbocycles. The molecule has 0 aliphatic carbocycles. The molecule has 1 aliphatic rings. The molecular formula is C41H40F3N4O8PS. The number of aromatic nitrogens is 3. The average molecular weight is 837 g/mol. The predicted molar refractivity (Wildman–Crippen MR) is 210 cm³/mol. The van der Waals surface area contributed by atoms with Crippen molar-refractivity contribution in [3.63, 3.8) is 0 Å². The van der Waals surface area contributed by atoms with Gasteiger partial charge in [0, 0.05) is 22.4 Å². The molecular weight excluding hydrogens is 797 g/mol. The Morgan fingerprint density at radius 3 is 2.45 bits per heavy atom. The molecule has 58 heavy (non-hydrogen) atoms. The zero-order valence-electron chi connectivity index (χ0n) is 31.3. The minimum absolute atomic E-state index is 0.000825. The number of allylic oxidation sites excluding steroid dienone is 2. The van der Waals surface area contributed by atoms with E-state index in [1.54, 1.807) is 49.4 Å². The Morgan fingerprint density at radius 1 is 1.05 bits per heavy atom. The lowest BCUT2D eigenvalue weighted by Gasteiger charge is -2.40. The van der Waals surface area contributed by atoms with Crippen molar-refractivity contribution >= 4 is 31.6 Å². The zero-order valence-corrected chi connectivity index (χ0v) is 33.0. The first kappa shape index (κ1) is 44.0. The van der Waals surface area contributed by atoms with E-state index in [2.05, 4.69) is 23.2 Å². The lowest BCUT2D eigenvalue weighted by atomic mass is 9.89. The minimum atomic E-state index is -4.13. The summed E-state index contributed by atoms with van der Waals surface area (Å²) in [6.07, 6.45) is 11.1. The van der Waals surface area contributed by atoms with Crippen molar-refractivity contribution in [3.05, 3.63) is 162 Å². The van der Waals surface area contributed by atoms with E-state index in [9.17, 15) is 18.1 Å². The summed E-state index contributed by atoms with van der Waals surface area (Å²) in [5.74, 6) is -3.23. The number of benzene rings is 3. The Bertz CT molecular complexity index is 2180. The number of phosphoric acid groups is 1. The summed E-state index contributed by atoms with van der Waals surface area (Å²) in [5, 5.41) is 12.0. The molecule has 2 heterocycles. The predicted octanol–water partition coefficient (Wildman–Crippen LogP) is 8.48. The van der Waals surface area contributed by atoms with E-state index in [1.807, 2.05) is 6.07 Å². The summed E-state index contributed by atoms with van der Waals surface area (Å²) in [7, 11) is -4.13. The van der Waals surface area contributed by atoms with Crippen molar-refractivity contribution in [1.82, 2.24) is 14.8 Å². The zero-order chi connectivity index (χ0) is 41.5. The first-order valence-electron chi connectivity index (χ1n) is 17.8. The van der Waals surface area contributed by atoms with Crippen LogP contribution >= 0.6 is 19.6 Å². The summed E-state index contributed by atoms with van der Waals surface area (Å²) >= 11 is 1.30. The SMILES string of the molecule is C=CCOP(=O)(OCC=C)OCc1ccccc1C(=O)O[C@@](Cn1cncn1)(c1ccc(F)cc1F)[C@@H](C)SC1COC(/C=C/C=C/c2ccc(C#N)cc2F)OC1. The number of phosphoric ester groups is 1. The van der Waals surface area contributed by atoms with E-state index in [0.29, 0.717) is 11.6 Å². The molecule has 0 spiro atoms. The van der Waals surface area contributed by atoms with E-state index in [4.69, 9.17) is 33.0 Å². The molecule has 0 amide bonds. The van der Waals surface area contributed by atoms with Gasteiger partial charge < -0.3 is 14.2 Å². The van der Waals surface area contributed by atoms with Crippen molar-refractivity contribution in [2.24, 2.45) is 0 Å². The van der Waals surface area contributed by atoms with Gasteiger partial charge in [-0.1, -0.05) is 54.6 Å². The van der Waals surface area contributed by atoms with Crippen LogP contribution in [-0.2, 0) is 51.1 Å². The molecule has 3 aromatic carbocycles. The summed E-state index contributed by atoms with van der Waals surface area (Å²) in [6, 6.07) is 15.3. The van der Waals surface area contributed by atoms with Gasteiger partial charge in [-0.2, -0.15) is 10.4 Å². The van der Waals surface area contributed by atoms with Gasteiger partial charge in [0.1, 0.15) is 30.1 Å². The standard InChI is InChI=1S/C41H40F3N4O8PS/c1-4-18-53-57(50,54-19-5-2)55-23-32-11-6-8-12-35(32)40(49)56-41(26-48-28-46-27-47-48,36-17-16-33(42)21-38(36)44)29(3)58-34-24-51-39(52-25-34)13-9-7-10-31-15-14-30(22-45)20-37(31)43/h4-17,20-21,27-29,34,39H,1-2,18-19,23-26H2,3H3/b10-7+,13-9+/t29-,34?,39?,41-/m1/s1. The number of nitrogens with zero attached hydrogens (tertiary/aromatic N) is 4. The van der Waals surface area contributed by atoms with Crippen LogP contribution in [-0.4, -0.2) is 64.0 Å². The van der Waals surface area contributed by atoms with Gasteiger partial charge in [-0.15, -0.1) is 24.9 Å². The fourth-order valence-electron chi connectivity index (χ4n) is 5.74. The second-order valence-electron chi connectivity index (χ2n) is 12.6. The van der Waals surface area contributed by atoms with Gasteiger partial charge in [0.2, 0.25) is 0 Å². The van der Waals surface area contributed by atoms with Gasteiger partial charge in [0.05, 0.1) is 62.0 Å². The molecule has 0 N–H and O–H groups in total. The van der Waals surface area contributed by atoms with Gasteiger partial charge in [-0.25, -0.2) is 32.2 Å². The molecule has 2 atom stereocenters. The van der Waals surface area contributed by atoms with Gasteiger partial charge in [-0.05, 0) is 48.9 Å². The van der Waals surface area contributed by atoms with Gasteiger partial charge in [0.15, 0.2) is 11.9 Å². The molecule has 0 radical (unpaired) electrons. The molecule has 17 heteroatoms. The van der Waals surface area contributed by atoms with Crippen LogP contribution in [0.1, 0.15) is 39.5 Å². The van der Waals surface area contributed by atoms with E-state index < -0.39 is 55.0 Å². The van der Waals surface area contributed by atoms with Crippen LogP contribution in [0.4, 0.5) is 13.2 Å². The number of thioether (sulfide) groups is 1. The highest BCUT2D eigenvalue weighted by atomic mass is 32.2. The number of carbonyl (C=O) groups excluding carboxylic acids is 1. The highest BCUT2D eigenvalue weighted by molar-refractivity contribution is 8.00. The number of rotatable bonds is 20. The van der Waals surface area contributed by atoms with Gasteiger partial charge in [0.25, 0.3) is 0 Å². The topological polar surface area (TPSA) is 144 Å². The van der Waals surface area contributed by atoms with E-state index in [1.165, 1.54) is 65.5 Å². The Hall–Kier alpha value is -5.11. The van der Waals surface area contributed by atoms with Crippen molar-refractivity contribution in [2.45, 2.75) is 42.5 Å². The lowest BCUT2D eigenvalue weighted by molar-refractivity contribution is -0.146. The minimum Gasteiger partial charge on any atom is -0.447 e. The largest absolute Gasteiger partial charge is 0.475 e. The van der Waals surface area contributed by atoms with Gasteiger partial charge in [-0.3, -0.25) is 13.6 Å². The number of halogens is 3. The first-order valence-corrected chi connectivity index (χ1v) is 20.2. The Labute approximate surface area is 338 Å². The van der Waals surface area contributed by atoms with E-state index in [0.717, 1.165) is 12.1 Å². The smallest absolute Gasteiger partial charge is 0.447 e. The molecule has 0 bridgehead atoms. The van der Waals surface area contributed by atoms with Crippen LogP contribution in [0, 0.1) is 28.8 Å². The molecule has 4 aromatic rings. The molecule has 0 unspecified atom stereocenters. The van der Waals surface area contributed by atoms with Crippen molar-refractivity contribution in [1.29, 1.82) is 5.26 Å². The first-order chi connectivity index (χ1) is 28.0. The molecule has 5 rings (SSSR count). The summed E-state index contributed by atoms with van der Waals surface area (Å²) in [6.45, 7) is 8.26. The maximum atomic E-state index is 16.0. The number of hydrogen-bond donors (Lipinski definition) is 0. The number of nitriles is 1. The average Bonchev–Trinajstić information content (AvgIpc) is 3.74. The Balaban J connectivity index is 1.38. The molecule has 12 nitrogen and oxygen atoms in total. The molecule has 1 fully saturated rings. The van der Waals surface area contributed by atoms with Crippen LogP contribution in [0.15, 0.2) is 117 Å². The number of carbonyl (C=O) groups is 1. The van der Waals surface area contributed by atoms with Crippen LogP contribution in [0.3, 0.4) is 0 Å². The fraction of sp³-hybridized carbons (Fsp3) is 0.268. The van der Waals surface area contributed by atoms with Crippen LogP contribution in [0.5, 0.6) is 0 Å². The van der Waals surface area contributed by atoms with Crippen LogP contribution in [0.2, 0.25) is 0 Å². The third kappa shape index (κ3) is 11.7. The fourth-order valence-corrected chi connectivity index (χ4v) is 8.20. The Morgan fingerprint density at radius 2 is 1.79 bits per heavy atom. The van der Waals surface area contributed by atoms with E-state index in [-0.39, 0.29) is 60.5 Å². The highest BCUT2D eigenvalue weighted by Gasteiger charge is 2.47. The van der Waals surface area contributed by atoms with Crippen LogP contribution in [0.25, 0.3) is 6.08 Å². The number of esters is 1. The normalized spacial score (nSPS) is 17.4. The van der Waals surface area contributed by atoms with Crippen molar-refractivity contribution in [3.8, 4) is 6.07 Å². The molecule has 304 valence electrons. The van der Waals surface area contributed by atoms with Crippen molar-refractivity contribution in [2.75, 3.05) is 26.4 Å². The number of hydrogen-bond acceptors (Lipinski definition) is 12. The third-order valence-electron chi connectivity index (χ3n) is 8.57. The van der Waals surface area contributed by atoms with Crippen LogP contribution < -0.4 is 0 Å². The van der Waals surface area contributed by atoms with E-state index >= 15 is 4.39 Å². The van der Waals surface area contributed by atoms with Gasteiger partial charge >= 0.3 is 13.8 Å². The lowest BCUT2D eigenvalue weighted by Crippen LogP contribution is -2.47. The molecule has 1 aromatic heterocycles. The third-order valence-corrected chi connectivity index (χ3v) is 11.4. The highest BCUT2D eigenvalue weighted by Crippen LogP contribution is 2.50. The summed E-state index contributed by atoms with van der Waals surface area (Å²) < 4.78 is 93.6. The monoisotopic (exact) mass is 836 g/mol. The Kier molecular flexibility index (Phi) is 16.0. The quantitative estimate of drug-likeness (QED) is 0.0365.